The monoisotopic (exact) mass is 502 g/mol. The summed E-state index contributed by atoms with van der Waals surface area (Å²) in [6.07, 6.45) is -0.911. The number of fused-ring (bicyclic) bond motifs is 1. The molecule has 1 unspecified atom stereocenters. The highest BCUT2D eigenvalue weighted by Crippen LogP contribution is 2.35. The molecule has 0 aliphatic heterocycles. The van der Waals surface area contributed by atoms with Crippen LogP contribution in [0.1, 0.15) is 22.1 Å². The molecule has 1 atom stereocenters. The molecule has 5 N–H and O–H groups in total. The van der Waals surface area contributed by atoms with Crippen molar-refractivity contribution in [3.63, 3.8) is 0 Å². The van der Waals surface area contributed by atoms with Gasteiger partial charge in [0.2, 0.25) is 5.91 Å². The van der Waals surface area contributed by atoms with Crippen molar-refractivity contribution in [1.29, 1.82) is 5.41 Å². The molecular formula is C27H26N4O4S. The van der Waals surface area contributed by atoms with Gasteiger partial charge in [-0.3, -0.25) is 15.5 Å². The van der Waals surface area contributed by atoms with Gasteiger partial charge >= 0.3 is 6.09 Å². The Hall–Kier alpha value is -4.37. The molecule has 0 saturated carbocycles. The first-order chi connectivity index (χ1) is 17.4. The number of amides is 2. The summed E-state index contributed by atoms with van der Waals surface area (Å²) >= 11 is 1.42. The third kappa shape index (κ3) is 6.19. The molecule has 0 fully saturated rings. The van der Waals surface area contributed by atoms with E-state index in [0.717, 1.165) is 21.2 Å². The van der Waals surface area contributed by atoms with Crippen molar-refractivity contribution in [2.45, 2.75) is 12.5 Å². The van der Waals surface area contributed by atoms with Crippen LogP contribution in [0, 0.1) is 5.41 Å². The van der Waals surface area contributed by atoms with Crippen LogP contribution in [0.2, 0.25) is 0 Å². The summed E-state index contributed by atoms with van der Waals surface area (Å²) in [4.78, 5) is 24.7. The van der Waals surface area contributed by atoms with Crippen molar-refractivity contribution < 1.29 is 19.1 Å². The first-order valence-electron chi connectivity index (χ1n) is 11.2. The normalized spacial score (nSPS) is 11.5. The van der Waals surface area contributed by atoms with Gasteiger partial charge < -0.3 is 20.5 Å². The third-order valence-electron chi connectivity index (χ3n) is 5.44. The van der Waals surface area contributed by atoms with Crippen molar-refractivity contribution in [3.05, 3.63) is 94.9 Å². The lowest BCUT2D eigenvalue weighted by molar-refractivity contribution is -0.119. The molecule has 4 aromatic rings. The van der Waals surface area contributed by atoms with Crippen LogP contribution >= 0.6 is 11.3 Å². The summed E-state index contributed by atoms with van der Waals surface area (Å²) in [7, 11) is 1.59. The zero-order valence-electron chi connectivity index (χ0n) is 19.6. The standard InChI is InChI=1S/C27H26N4O4S/c1-30-25(32)14-17-10-12-19(13-11-17)31-27(33)34-16-22(18-6-3-2-4-7-18)35-21-8-5-9-23-20(21)15-24(36-23)26(28)29/h2-13,15,22H,14,16H2,1H3,(H3,28,29)(H,30,32)(H,31,33). The van der Waals surface area contributed by atoms with E-state index in [1.807, 2.05) is 54.6 Å². The molecule has 0 radical (unpaired) electrons. The van der Waals surface area contributed by atoms with E-state index in [-0.39, 0.29) is 24.8 Å². The van der Waals surface area contributed by atoms with Gasteiger partial charge in [0.25, 0.3) is 0 Å². The minimum atomic E-state index is -0.619. The Kier molecular flexibility index (Phi) is 7.82. The fraction of sp³-hybridized carbons (Fsp3) is 0.148. The van der Waals surface area contributed by atoms with Crippen LogP contribution in [-0.2, 0) is 16.0 Å². The largest absolute Gasteiger partial charge is 0.481 e. The molecule has 3 aromatic carbocycles. The Bertz CT molecular complexity index is 1370. The number of hydrogen-bond acceptors (Lipinski definition) is 6. The van der Waals surface area contributed by atoms with E-state index in [4.69, 9.17) is 20.6 Å². The molecule has 2 amide bonds. The van der Waals surface area contributed by atoms with Crippen LogP contribution in [-0.4, -0.2) is 31.5 Å². The Labute approximate surface area is 212 Å². The number of carbonyl (C=O) groups excluding carboxylic acids is 2. The molecule has 4 rings (SSSR count). The Balaban J connectivity index is 1.45. The second kappa shape index (κ2) is 11.4. The van der Waals surface area contributed by atoms with Gasteiger partial charge in [0, 0.05) is 22.8 Å². The summed E-state index contributed by atoms with van der Waals surface area (Å²) in [6, 6.07) is 24.0. The number of nitrogens with two attached hydrogens (primary N) is 1. The number of nitrogen functional groups attached to an aromatic ring is 1. The fourth-order valence-corrected chi connectivity index (χ4v) is 4.51. The number of anilines is 1. The maximum Gasteiger partial charge on any atom is 0.411 e. The molecule has 36 heavy (non-hydrogen) atoms. The van der Waals surface area contributed by atoms with Crippen LogP contribution in [0.15, 0.2) is 78.9 Å². The second-order valence-electron chi connectivity index (χ2n) is 7.98. The van der Waals surface area contributed by atoms with E-state index in [0.29, 0.717) is 16.3 Å². The first kappa shape index (κ1) is 24.7. The maximum atomic E-state index is 12.5. The number of amidine groups is 1. The maximum absolute atomic E-state index is 12.5. The lowest BCUT2D eigenvalue weighted by atomic mass is 10.1. The van der Waals surface area contributed by atoms with E-state index < -0.39 is 12.2 Å². The molecule has 1 aromatic heterocycles. The van der Waals surface area contributed by atoms with Crippen molar-refractivity contribution >= 4 is 44.9 Å². The Morgan fingerprint density at radius 2 is 1.78 bits per heavy atom. The molecule has 1 heterocycles. The highest BCUT2D eigenvalue weighted by molar-refractivity contribution is 7.20. The molecule has 184 valence electrons. The van der Waals surface area contributed by atoms with Gasteiger partial charge in [-0.1, -0.05) is 48.5 Å². The summed E-state index contributed by atoms with van der Waals surface area (Å²) in [5.74, 6) is 0.530. The smallest absolute Gasteiger partial charge is 0.411 e. The quantitative estimate of drug-likeness (QED) is 0.192. The topological polar surface area (TPSA) is 127 Å². The highest BCUT2D eigenvalue weighted by Gasteiger charge is 2.19. The van der Waals surface area contributed by atoms with Crippen molar-refractivity contribution in [2.75, 3.05) is 19.0 Å². The van der Waals surface area contributed by atoms with E-state index >= 15 is 0 Å². The van der Waals surface area contributed by atoms with Gasteiger partial charge in [-0.2, -0.15) is 0 Å². The van der Waals surface area contributed by atoms with Crippen LogP contribution < -0.4 is 21.1 Å². The number of benzene rings is 3. The number of ether oxygens (including phenoxy) is 2. The molecule has 0 bridgehead atoms. The zero-order valence-corrected chi connectivity index (χ0v) is 20.4. The average molecular weight is 503 g/mol. The lowest BCUT2D eigenvalue weighted by Gasteiger charge is -2.20. The summed E-state index contributed by atoms with van der Waals surface area (Å²) in [5.41, 5.74) is 7.91. The molecule has 9 heteroatoms. The predicted molar refractivity (Wildman–Crippen MR) is 142 cm³/mol. The Morgan fingerprint density at radius 3 is 2.47 bits per heavy atom. The lowest BCUT2D eigenvalue weighted by Crippen LogP contribution is -2.21. The van der Waals surface area contributed by atoms with E-state index in [2.05, 4.69) is 10.6 Å². The van der Waals surface area contributed by atoms with Gasteiger partial charge in [-0.15, -0.1) is 11.3 Å². The minimum absolute atomic E-state index is 0.00317. The fourth-order valence-electron chi connectivity index (χ4n) is 3.57. The molecule has 0 aliphatic rings. The summed E-state index contributed by atoms with van der Waals surface area (Å²) < 4.78 is 12.8. The number of likely N-dealkylation sites (N-methyl/N-ethyl adjacent to an activating group) is 1. The Morgan fingerprint density at radius 1 is 1.03 bits per heavy atom. The van der Waals surface area contributed by atoms with Crippen LogP contribution in [0.4, 0.5) is 10.5 Å². The molecule has 0 aliphatic carbocycles. The number of rotatable bonds is 9. The second-order valence-corrected chi connectivity index (χ2v) is 9.06. The van der Waals surface area contributed by atoms with Crippen LogP contribution in [0.25, 0.3) is 10.1 Å². The van der Waals surface area contributed by atoms with Gasteiger partial charge in [-0.25, -0.2) is 4.79 Å². The van der Waals surface area contributed by atoms with Crippen molar-refractivity contribution in [1.82, 2.24) is 5.32 Å². The number of carbonyl (C=O) groups is 2. The third-order valence-corrected chi connectivity index (χ3v) is 6.57. The predicted octanol–water partition coefficient (Wildman–Crippen LogP) is 4.84. The molecule has 0 spiro atoms. The van der Waals surface area contributed by atoms with Gasteiger partial charge in [0.05, 0.1) is 11.3 Å². The molecule has 8 nitrogen and oxygen atoms in total. The van der Waals surface area contributed by atoms with Gasteiger partial charge in [-0.05, 0) is 41.5 Å². The van der Waals surface area contributed by atoms with Crippen LogP contribution in [0.3, 0.4) is 0 Å². The number of thiophene rings is 1. The minimum Gasteiger partial charge on any atom is -0.481 e. The van der Waals surface area contributed by atoms with Crippen LogP contribution in [0.5, 0.6) is 5.75 Å². The SMILES string of the molecule is CNC(=O)Cc1ccc(NC(=O)OCC(Oc2cccc3sc(C(=N)N)cc23)c2ccccc2)cc1. The van der Waals surface area contributed by atoms with Gasteiger partial charge in [0.15, 0.2) is 6.10 Å². The van der Waals surface area contributed by atoms with E-state index in [1.54, 1.807) is 31.3 Å². The van der Waals surface area contributed by atoms with Crippen molar-refractivity contribution in [2.24, 2.45) is 5.73 Å². The molecule has 0 saturated heterocycles. The number of nitrogens with one attached hydrogen (secondary N) is 3. The molecular weight excluding hydrogens is 476 g/mol. The zero-order chi connectivity index (χ0) is 25.5. The average Bonchev–Trinajstić information content (AvgIpc) is 3.34. The highest BCUT2D eigenvalue weighted by atomic mass is 32.1. The summed E-state index contributed by atoms with van der Waals surface area (Å²) in [6.45, 7) is -0.0231. The van der Waals surface area contributed by atoms with E-state index in [9.17, 15) is 9.59 Å². The first-order valence-corrected chi connectivity index (χ1v) is 12.1. The van der Waals surface area contributed by atoms with Crippen molar-refractivity contribution in [3.8, 4) is 5.75 Å². The summed E-state index contributed by atoms with van der Waals surface area (Å²) in [5, 5.41) is 13.9. The number of hydrogen-bond donors (Lipinski definition) is 4. The van der Waals surface area contributed by atoms with Gasteiger partial charge in [0.1, 0.15) is 18.2 Å². The van der Waals surface area contributed by atoms with E-state index in [1.165, 1.54) is 11.3 Å².